The summed E-state index contributed by atoms with van der Waals surface area (Å²) in [5.41, 5.74) is 0. The minimum Gasteiger partial charge on any atom is -0.468 e. The lowest BCUT2D eigenvalue weighted by Crippen LogP contribution is -2.34. The standard InChI is InChI=1S/C6H13NO3/c1-5(4-8)7-3-6(9)10-2/h5,7-8H,3-4H2,1-2H3. The lowest BCUT2D eigenvalue weighted by atomic mass is 10.4. The second-order valence-electron chi connectivity index (χ2n) is 2.04. The SMILES string of the molecule is COC(=O)CNC(C)CO. The van der Waals surface area contributed by atoms with Crippen molar-refractivity contribution in [3.05, 3.63) is 0 Å². The van der Waals surface area contributed by atoms with Gasteiger partial charge in [0.1, 0.15) is 0 Å². The Morgan fingerprint density at radius 1 is 1.80 bits per heavy atom. The summed E-state index contributed by atoms with van der Waals surface area (Å²) in [6.45, 7) is 1.96. The zero-order valence-electron chi connectivity index (χ0n) is 6.26. The van der Waals surface area contributed by atoms with Crippen LogP contribution in [0.1, 0.15) is 6.92 Å². The Morgan fingerprint density at radius 3 is 2.80 bits per heavy atom. The lowest BCUT2D eigenvalue weighted by molar-refractivity contribution is -0.139. The molecule has 0 aliphatic heterocycles. The third-order valence-electron chi connectivity index (χ3n) is 1.10. The van der Waals surface area contributed by atoms with E-state index in [0.29, 0.717) is 0 Å². The number of hydrogen-bond acceptors (Lipinski definition) is 4. The third-order valence-corrected chi connectivity index (χ3v) is 1.10. The van der Waals surface area contributed by atoms with Gasteiger partial charge in [0.15, 0.2) is 0 Å². The van der Waals surface area contributed by atoms with E-state index < -0.39 is 0 Å². The Labute approximate surface area is 60.2 Å². The molecule has 4 heteroatoms. The molecular weight excluding hydrogens is 134 g/mol. The molecule has 0 aromatic rings. The van der Waals surface area contributed by atoms with Crippen molar-refractivity contribution >= 4 is 5.97 Å². The van der Waals surface area contributed by atoms with Crippen LogP contribution >= 0.6 is 0 Å². The van der Waals surface area contributed by atoms with Crippen molar-refractivity contribution in [2.75, 3.05) is 20.3 Å². The van der Waals surface area contributed by atoms with Gasteiger partial charge < -0.3 is 15.2 Å². The van der Waals surface area contributed by atoms with Crippen molar-refractivity contribution in [3.8, 4) is 0 Å². The summed E-state index contributed by atoms with van der Waals surface area (Å²) in [7, 11) is 1.33. The molecule has 0 bridgehead atoms. The number of hydrogen-bond donors (Lipinski definition) is 2. The highest BCUT2D eigenvalue weighted by Crippen LogP contribution is 1.77. The van der Waals surface area contributed by atoms with Crippen LogP contribution in [0.2, 0.25) is 0 Å². The molecule has 4 nitrogen and oxygen atoms in total. The molecule has 0 aromatic heterocycles. The van der Waals surface area contributed by atoms with Crippen LogP contribution in [-0.4, -0.2) is 37.4 Å². The largest absolute Gasteiger partial charge is 0.468 e. The molecule has 0 aliphatic rings. The number of esters is 1. The quantitative estimate of drug-likeness (QED) is 0.507. The van der Waals surface area contributed by atoms with Crippen LogP contribution in [0.3, 0.4) is 0 Å². The van der Waals surface area contributed by atoms with Gasteiger partial charge in [-0.15, -0.1) is 0 Å². The molecule has 10 heavy (non-hydrogen) atoms. The zero-order chi connectivity index (χ0) is 7.98. The maximum absolute atomic E-state index is 10.5. The Bertz CT molecular complexity index is 105. The topological polar surface area (TPSA) is 58.6 Å². The molecule has 0 saturated heterocycles. The molecule has 0 fully saturated rings. The predicted octanol–water partition coefficient (Wildman–Crippen LogP) is -0.870. The molecule has 0 heterocycles. The van der Waals surface area contributed by atoms with E-state index in [2.05, 4.69) is 10.1 Å². The van der Waals surface area contributed by atoms with Crippen LogP contribution in [0, 0.1) is 0 Å². The van der Waals surface area contributed by atoms with Gasteiger partial charge in [0.2, 0.25) is 0 Å². The zero-order valence-corrected chi connectivity index (χ0v) is 6.26. The van der Waals surface area contributed by atoms with E-state index in [4.69, 9.17) is 5.11 Å². The number of nitrogens with one attached hydrogen (secondary N) is 1. The second kappa shape index (κ2) is 5.20. The van der Waals surface area contributed by atoms with E-state index in [1.807, 2.05) is 0 Å². The molecule has 60 valence electrons. The Kier molecular flexibility index (Phi) is 4.88. The van der Waals surface area contributed by atoms with Gasteiger partial charge in [-0.3, -0.25) is 4.79 Å². The normalized spacial score (nSPS) is 12.7. The van der Waals surface area contributed by atoms with Crippen LogP contribution in [0.15, 0.2) is 0 Å². The number of methoxy groups -OCH3 is 1. The summed E-state index contributed by atoms with van der Waals surface area (Å²) in [4.78, 5) is 10.5. The summed E-state index contributed by atoms with van der Waals surface area (Å²) in [5.74, 6) is -0.319. The first-order chi connectivity index (χ1) is 4.70. The van der Waals surface area contributed by atoms with Crippen molar-refractivity contribution in [3.63, 3.8) is 0 Å². The molecule has 0 radical (unpaired) electrons. The van der Waals surface area contributed by atoms with Crippen LogP contribution in [0.25, 0.3) is 0 Å². The maximum Gasteiger partial charge on any atom is 0.319 e. The van der Waals surface area contributed by atoms with Crippen molar-refractivity contribution in [1.29, 1.82) is 0 Å². The number of aliphatic hydroxyl groups excluding tert-OH is 1. The first kappa shape index (κ1) is 9.39. The Balaban J connectivity index is 3.26. The maximum atomic E-state index is 10.5. The summed E-state index contributed by atoms with van der Waals surface area (Å²) >= 11 is 0. The monoisotopic (exact) mass is 147 g/mol. The van der Waals surface area contributed by atoms with Gasteiger partial charge in [-0.1, -0.05) is 0 Å². The molecule has 0 aliphatic carbocycles. The van der Waals surface area contributed by atoms with Crippen LogP contribution in [0.5, 0.6) is 0 Å². The molecular formula is C6H13NO3. The summed E-state index contributed by atoms with van der Waals surface area (Å²) in [6, 6.07) is -0.0564. The summed E-state index contributed by atoms with van der Waals surface area (Å²) in [6.07, 6.45) is 0. The van der Waals surface area contributed by atoms with Gasteiger partial charge >= 0.3 is 5.97 Å². The van der Waals surface area contributed by atoms with Crippen LogP contribution in [-0.2, 0) is 9.53 Å². The summed E-state index contributed by atoms with van der Waals surface area (Å²) < 4.78 is 4.36. The fourth-order valence-corrected chi connectivity index (χ4v) is 0.394. The molecule has 2 N–H and O–H groups in total. The van der Waals surface area contributed by atoms with Gasteiger partial charge in [0.05, 0.1) is 20.3 Å². The van der Waals surface area contributed by atoms with E-state index in [9.17, 15) is 4.79 Å². The first-order valence-electron chi connectivity index (χ1n) is 3.11. The third kappa shape index (κ3) is 4.29. The highest BCUT2D eigenvalue weighted by molar-refractivity contribution is 5.71. The Morgan fingerprint density at radius 2 is 2.40 bits per heavy atom. The van der Waals surface area contributed by atoms with Crippen molar-refractivity contribution in [2.45, 2.75) is 13.0 Å². The van der Waals surface area contributed by atoms with Gasteiger partial charge in [-0.2, -0.15) is 0 Å². The molecule has 0 spiro atoms. The number of ether oxygens (including phenoxy) is 1. The molecule has 0 rings (SSSR count). The number of carbonyl (C=O) groups is 1. The minimum atomic E-state index is -0.319. The molecule has 0 aromatic carbocycles. The van der Waals surface area contributed by atoms with Crippen LogP contribution in [0.4, 0.5) is 0 Å². The molecule has 0 amide bonds. The first-order valence-corrected chi connectivity index (χ1v) is 3.11. The fraction of sp³-hybridized carbons (Fsp3) is 0.833. The average molecular weight is 147 g/mol. The number of rotatable bonds is 4. The van der Waals surface area contributed by atoms with Gasteiger partial charge in [0.25, 0.3) is 0 Å². The van der Waals surface area contributed by atoms with Crippen molar-refractivity contribution in [2.24, 2.45) is 0 Å². The molecule has 1 unspecified atom stereocenters. The van der Waals surface area contributed by atoms with Crippen LogP contribution < -0.4 is 5.32 Å². The van der Waals surface area contributed by atoms with Crippen molar-refractivity contribution < 1.29 is 14.6 Å². The van der Waals surface area contributed by atoms with E-state index >= 15 is 0 Å². The smallest absolute Gasteiger partial charge is 0.319 e. The molecule has 0 saturated carbocycles. The number of carbonyl (C=O) groups excluding carboxylic acids is 1. The average Bonchev–Trinajstić information content (AvgIpc) is 1.99. The highest BCUT2D eigenvalue weighted by Gasteiger charge is 2.02. The minimum absolute atomic E-state index is 0.0248. The number of aliphatic hydroxyl groups is 1. The van der Waals surface area contributed by atoms with E-state index in [-0.39, 0.29) is 25.2 Å². The van der Waals surface area contributed by atoms with E-state index in [1.54, 1.807) is 6.92 Å². The van der Waals surface area contributed by atoms with Gasteiger partial charge in [-0.25, -0.2) is 0 Å². The Hall–Kier alpha value is -0.610. The van der Waals surface area contributed by atoms with Crippen molar-refractivity contribution in [1.82, 2.24) is 5.32 Å². The summed E-state index contributed by atoms with van der Waals surface area (Å²) in [5, 5.41) is 11.3. The highest BCUT2D eigenvalue weighted by atomic mass is 16.5. The van der Waals surface area contributed by atoms with Gasteiger partial charge in [-0.05, 0) is 6.92 Å². The van der Waals surface area contributed by atoms with Gasteiger partial charge in [0, 0.05) is 6.04 Å². The predicted molar refractivity (Wildman–Crippen MR) is 36.6 cm³/mol. The van der Waals surface area contributed by atoms with E-state index in [0.717, 1.165) is 0 Å². The lowest BCUT2D eigenvalue weighted by Gasteiger charge is -2.07. The fourth-order valence-electron chi connectivity index (χ4n) is 0.394. The second-order valence-corrected chi connectivity index (χ2v) is 2.04. The van der Waals surface area contributed by atoms with E-state index in [1.165, 1.54) is 7.11 Å². The molecule has 1 atom stereocenters.